The molecule has 15 heavy (non-hydrogen) atoms. The van der Waals surface area contributed by atoms with Crippen LogP contribution in [0.25, 0.3) is 0 Å². The first-order valence-corrected chi connectivity index (χ1v) is 4.44. The van der Waals surface area contributed by atoms with E-state index in [4.69, 9.17) is 14.6 Å². The van der Waals surface area contributed by atoms with Crippen molar-refractivity contribution in [3.8, 4) is 0 Å². The van der Waals surface area contributed by atoms with Crippen LogP contribution in [0.2, 0.25) is 0 Å². The van der Waals surface area contributed by atoms with Crippen LogP contribution in [0.3, 0.4) is 0 Å². The normalized spacial score (nSPS) is 11.1. The summed E-state index contributed by atoms with van der Waals surface area (Å²) in [6.45, 7) is 1.59. The number of hydrogen-bond donors (Lipinski definition) is 2. The van der Waals surface area contributed by atoms with Gasteiger partial charge in [0.2, 0.25) is 5.91 Å². The Labute approximate surface area is 88.6 Å². The van der Waals surface area contributed by atoms with Crippen molar-refractivity contribution in [1.82, 2.24) is 5.32 Å². The van der Waals surface area contributed by atoms with Crippen LogP contribution < -0.4 is 5.32 Å². The molecule has 0 aliphatic carbocycles. The molecule has 0 spiro atoms. The fraction of sp³-hybridized carbons (Fsp3) is 0.778. The van der Waals surface area contributed by atoms with Crippen LogP contribution in [0.5, 0.6) is 0 Å². The van der Waals surface area contributed by atoms with Gasteiger partial charge in [-0.25, -0.2) is 0 Å². The molecule has 0 aliphatic heterocycles. The van der Waals surface area contributed by atoms with E-state index < -0.39 is 23.8 Å². The Morgan fingerprint density at radius 2 is 1.73 bits per heavy atom. The molecule has 0 aromatic carbocycles. The lowest BCUT2D eigenvalue weighted by atomic mass is 9.91. The SMILES string of the molecule is COCC(C)(COC)C(=O)NCC(=O)O. The summed E-state index contributed by atoms with van der Waals surface area (Å²) in [6, 6.07) is 0. The summed E-state index contributed by atoms with van der Waals surface area (Å²) in [5.41, 5.74) is -0.862. The zero-order chi connectivity index (χ0) is 11.9. The number of ether oxygens (including phenoxy) is 2. The molecule has 0 saturated heterocycles. The van der Waals surface area contributed by atoms with Crippen LogP contribution in [0.15, 0.2) is 0 Å². The molecule has 0 heterocycles. The predicted octanol–water partition coefficient (Wildman–Crippen LogP) is -0.514. The maximum atomic E-state index is 11.6. The van der Waals surface area contributed by atoms with E-state index >= 15 is 0 Å². The summed E-state index contributed by atoms with van der Waals surface area (Å²) in [4.78, 5) is 21.9. The van der Waals surface area contributed by atoms with Gasteiger partial charge in [0.15, 0.2) is 0 Å². The van der Waals surface area contributed by atoms with E-state index in [-0.39, 0.29) is 13.2 Å². The van der Waals surface area contributed by atoms with Crippen molar-refractivity contribution in [2.24, 2.45) is 5.41 Å². The van der Waals surface area contributed by atoms with E-state index in [1.54, 1.807) is 6.92 Å². The third-order valence-electron chi connectivity index (χ3n) is 1.87. The molecule has 88 valence electrons. The van der Waals surface area contributed by atoms with Crippen molar-refractivity contribution < 1.29 is 24.2 Å². The Bertz CT molecular complexity index is 223. The quantitative estimate of drug-likeness (QED) is 0.602. The van der Waals surface area contributed by atoms with Gasteiger partial charge in [0.25, 0.3) is 0 Å². The molecule has 2 N–H and O–H groups in total. The fourth-order valence-electron chi connectivity index (χ4n) is 1.18. The average Bonchev–Trinajstić information content (AvgIpc) is 2.14. The first-order chi connectivity index (χ1) is 6.96. The van der Waals surface area contributed by atoms with E-state index in [1.165, 1.54) is 14.2 Å². The number of hydrogen-bond acceptors (Lipinski definition) is 4. The summed E-state index contributed by atoms with van der Waals surface area (Å²) >= 11 is 0. The molecule has 1 amide bonds. The number of carbonyl (C=O) groups is 2. The number of carboxylic acid groups (broad SMARTS) is 1. The number of carbonyl (C=O) groups excluding carboxylic acids is 1. The molecule has 0 bridgehead atoms. The minimum Gasteiger partial charge on any atom is -0.480 e. The highest BCUT2D eigenvalue weighted by molar-refractivity contribution is 5.85. The lowest BCUT2D eigenvalue weighted by Crippen LogP contribution is -2.46. The largest absolute Gasteiger partial charge is 0.480 e. The van der Waals surface area contributed by atoms with E-state index in [1.807, 2.05) is 0 Å². The molecule has 0 aromatic heterocycles. The maximum absolute atomic E-state index is 11.6. The van der Waals surface area contributed by atoms with E-state index in [9.17, 15) is 9.59 Å². The molecule has 6 nitrogen and oxygen atoms in total. The summed E-state index contributed by atoms with van der Waals surface area (Å²) < 4.78 is 9.80. The second-order valence-corrected chi connectivity index (χ2v) is 3.50. The average molecular weight is 219 g/mol. The highest BCUT2D eigenvalue weighted by atomic mass is 16.5. The lowest BCUT2D eigenvalue weighted by molar-refractivity contribution is -0.142. The van der Waals surface area contributed by atoms with Gasteiger partial charge < -0.3 is 19.9 Å². The number of nitrogens with one attached hydrogen (secondary N) is 1. The minimum atomic E-state index is -1.08. The zero-order valence-electron chi connectivity index (χ0n) is 9.20. The summed E-state index contributed by atoms with van der Waals surface area (Å²) in [7, 11) is 2.94. The summed E-state index contributed by atoms with van der Waals surface area (Å²) in [6.07, 6.45) is 0. The topological polar surface area (TPSA) is 84.9 Å². The van der Waals surface area contributed by atoms with E-state index in [0.717, 1.165) is 0 Å². The van der Waals surface area contributed by atoms with Gasteiger partial charge in [0.05, 0.1) is 18.6 Å². The summed E-state index contributed by atoms with van der Waals surface area (Å²) in [5.74, 6) is -1.48. The first kappa shape index (κ1) is 13.9. The van der Waals surface area contributed by atoms with E-state index in [0.29, 0.717) is 0 Å². The molecule has 0 rings (SSSR count). The third-order valence-corrected chi connectivity index (χ3v) is 1.87. The molecule has 0 aliphatic rings. The Morgan fingerprint density at radius 1 is 1.27 bits per heavy atom. The van der Waals surface area contributed by atoms with Crippen molar-refractivity contribution in [2.45, 2.75) is 6.92 Å². The molecule has 6 heteroatoms. The monoisotopic (exact) mass is 219 g/mol. The second kappa shape index (κ2) is 6.36. The highest BCUT2D eigenvalue weighted by Gasteiger charge is 2.33. The molecule has 0 fully saturated rings. The lowest BCUT2D eigenvalue weighted by Gasteiger charge is -2.26. The number of rotatable bonds is 7. The standard InChI is InChI=1S/C9H17NO5/c1-9(5-14-2,6-15-3)8(13)10-4-7(11)12/h4-6H2,1-3H3,(H,10,13)(H,11,12). The Balaban J connectivity index is 4.33. The predicted molar refractivity (Wildman–Crippen MR) is 52.5 cm³/mol. The van der Waals surface area contributed by atoms with Crippen molar-refractivity contribution in [3.05, 3.63) is 0 Å². The van der Waals surface area contributed by atoms with Crippen LogP contribution in [0.1, 0.15) is 6.92 Å². The van der Waals surface area contributed by atoms with Gasteiger partial charge in [0, 0.05) is 14.2 Å². The van der Waals surface area contributed by atoms with Gasteiger partial charge in [-0.15, -0.1) is 0 Å². The molecule has 0 unspecified atom stereocenters. The van der Waals surface area contributed by atoms with Crippen LogP contribution >= 0.6 is 0 Å². The maximum Gasteiger partial charge on any atom is 0.322 e. The van der Waals surface area contributed by atoms with Crippen molar-refractivity contribution in [2.75, 3.05) is 34.0 Å². The zero-order valence-corrected chi connectivity index (χ0v) is 9.20. The van der Waals surface area contributed by atoms with Gasteiger partial charge >= 0.3 is 5.97 Å². The number of amides is 1. The van der Waals surface area contributed by atoms with Crippen LogP contribution in [0.4, 0.5) is 0 Å². The number of methoxy groups -OCH3 is 2. The van der Waals surface area contributed by atoms with Gasteiger partial charge in [-0.1, -0.05) is 0 Å². The molecule has 0 saturated carbocycles. The van der Waals surface area contributed by atoms with Gasteiger partial charge in [-0.05, 0) is 6.92 Å². The Kier molecular flexibility index (Phi) is 5.88. The van der Waals surface area contributed by atoms with Crippen molar-refractivity contribution >= 4 is 11.9 Å². The molecule has 0 atom stereocenters. The van der Waals surface area contributed by atoms with Gasteiger partial charge in [0.1, 0.15) is 6.54 Å². The molecular weight excluding hydrogens is 202 g/mol. The van der Waals surface area contributed by atoms with Crippen LogP contribution in [-0.2, 0) is 19.1 Å². The van der Waals surface area contributed by atoms with E-state index in [2.05, 4.69) is 5.32 Å². The highest BCUT2D eigenvalue weighted by Crippen LogP contribution is 2.17. The fourth-order valence-corrected chi connectivity index (χ4v) is 1.18. The second-order valence-electron chi connectivity index (χ2n) is 3.50. The van der Waals surface area contributed by atoms with Crippen molar-refractivity contribution in [3.63, 3.8) is 0 Å². The smallest absolute Gasteiger partial charge is 0.322 e. The first-order valence-electron chi connectivity index (χ1n) is 4.44. The number of carboxylic acids is 1. The third kappa shape index (κ3) is 4.75. The van der Waals surface area contributed by atoms with Crippen LogP contribution in [0, 0.1) is 5.41 Å². The summed E-state index contributed by atoms with van der Waals surface area (Å²) in [5, 5.41) is 10.7. The molecule has 0 aromatic rings. The number of aliphatic carboxylic acids is 1. The Morgan fingerprint density at radius 3 is 2.07 bits per heavy atom. The van der Waals surface area contributed by atoms with Crippen molar-refractivity contribution in [1.29, 1.82) is 0 Å². The van der Waals surface area contributed by atoms with Gasteiger partial charge in [-0.3, -0.25) is 9.59 Å². The molecular formula is C9H17NO5. The Hall–Kier alpha value is -1.14. The van der Waals surface area contributed by atoms with Gasteiger partial charge in [-0.2, -0.15) is 0 Å². The minimum absolute atomic E-state index is 0.173. The van der Waals surface area contributed by atoms with Crippen LogP contribution in [-0.4, -0.2) is 51.0 Å². The molecule has 0 radical (unpaired) electrons.